The average molecular weight is 463 g/mol. The largest absolute Gasteiger partial charge is 0.493 e. The van der Waals surface area contributed by atoms with Crippen LogP contribution in [0.3, 0.4) is 0 Å². The van der Waals surface area contributed by atoms with Crippen LogP contribution in [0.5, 0.6) is 23.0 Å². The number of carbonyl (C=O) groups is 2. The van der Waals surface area contributed by atoms with E-state index < -0.39 is 0 Å². The molecule has 0 heterocycles. The molecule has 2 amide bonds. The van der Waals surface area contributed by atoms with Crippen LogP contribution in [0.15, 0.2) is 72.8 Å². The lowest BCUT2D eigenvalue weighted by molar-refractivity contribution is -0.118. The highest BCUT2D eigenvalue weighted by molar-refractivity contribution is 6.02. The molecule has 3 aromatic rings. The van der Waals surface area contributed by atoms with Crippen LogP contribution in [0.1, 0.15) is 5.56 Å². The van der Waals surface area contributed by atoms with Gasteiger partial charge < -0.3 is 29.6 Å². The van der Waals surface area contributed by atoms with E-state index >= 15 is 0 Å². The number of carbonyl (C=O) groups excluding carboxylic acids is 2. The zero-order chi connectivity index (χ0) is 24.3. The molecule has 0 atom stereocenters. The molecule has 3 aromatic carbocycles. The molecule has 8 heteroatoms. The van der Waals surface area contributed by atoms with E-state index in [2.05, 4.69) is 10.6 Å². The van der Waals surface area contributed by atoms with Gasteiger partial charge in [-0.05, 0) is 54.1 Å². The number of anilines is 2. The molecular weight excluding hydrogens is 436 g/mol. The fraction of sp³-hybridized carbons (Fsp3) is 0.154. The van der Waals surface area contributed by atoms with Crippen LogP contribution < -0.4 is 29.6 Å². The van der Waals surface area contributed by atoms with Crippen LogP contribution in [0.4, 0.5) is 11.4 Å². The van der Waals surface area contributed by atoms with Gasteiger partial charge >= 0.3 is 0 Å². The second-order valence-electron chi connectivity index (χ2n) is 7.01. The van der Waals surface area contributed by atoms with Crippen molar-refractivity contribution in [3.63, 3.8) is 0 Å². The number of amides is 2. The average Bonchev–Trinajstić information content (AvgIpc) is 2.86. The summed E-state index contributed by atoms with van der Waals surface area (Å²) in [6, 6.07) is 19.3. The first-order chi connectivity index (χ1) is 16.5. The molecule has 8 nitrogen and oxygen atoms in total. The van der Waals surface area contributed by atoms with Crippen molar-refractivity contribution in [2.75, 3.05) is 38.6 Å². The SMILES string of the molecule is COc1ccc(/C=C/C(=O)Nc2cccc(NC(=O)COc3ccccc3OC)c2)cc1OC. The van der Waals surface area contributed by atoms with Gasteiger partial charge in [-0.1, -0.05) is 24.3 Å². The van der Waals surface area contributed by atoms with Gasteiger partial charge in [-0.25, -0.2) is 0 Å². The summed E-state index contributed by atoms with van der Waals surface area (Å²) >= 11 is 0. The van der Waals surface area contributed by atoms with Crippen molar-refractivity contribution in [2.45, 2.75) is 0 Å². The molecule has 0 bridgehead atoms. The van der Waals surface area contributed by atoms with Gasteiger partial charge in [-0.15, -0.1) is 0 Å². The van der Waals surface area contributed by atoms with Gasteiger partial charge in [-0.2, -0.15) is 0 Å². The molecule has 0 aliphatic heterocycles. The van der Waals surface area contributed by atoms with E-state index in [1.165, 1.54) is 13.2 Å². The summed E-state index contributed by atoms with van der Waals surface area (Å²) in [4.78, 5) is 24.6. The summed E-state index contributed by atoms with van der Waals surface area (Å²) in [6.07, 6.45) is 3.08. The van der Waals surface area contributed by atoms with Gasteiger partial charge in [0.1, 0.15) is 0 Å². The number of nitrogens with one attached hydrogen (secondary N) is 2. The Morgan fingerprint density at radius 1 is 0.735 bits per heavy atom. The van der Waals surface area contributed by atoms with E-state index in [4.69, 9.17) is 18.9 Å². The third-order valence-corrected chi connectivity index (χ3v) is 4.68. The lowest BCUT2D eigenvalue weighted by Crippen LogP contribution is -2.20. The number of para-hydroxylation sites is 2. The summed E-state index contributed by atoms with van der Waals surface area (Å²) in [5.74, 6) is 1.53. The van der Waals surface area contributed by atoms with E-state index in [1.807, 2.05) is 12.1 Å². The van der Waals surface area contributed by atoms with E-state index in [0.717, 1.165) is 5.56 Å². The number of rotatable bonds is 10. The van der Waals surface area contributed by atoms with Gasteiger partial charge in [0.15, 0.2) is 29.6 Å². The van der Waals surface area contributed by atoms with Crippen LogP contribution in [0, 0.1) is 0 Å². The van der Waals surface area contributed by atoms with Crippen molar-refractivity contribution < 1.29 is 28.5 Å². The smallest absolute Gasteiger partial charge is 0.262 e. The van der Waals surface area contributed by atoms with Crippen molar-refractivity contribution in [3.05, 3.63) is 78.4 Å². The maximum Gasteiger partial charge on any atom is 0.262 e. The molecule has 34 heavy (non-hydrogen) atoms. The molecule has 0 aromatic heterocycles. The topological polar surface area (TPSA) is 95.1 Å². The molecule has 0 aliphatic carbocycles. The summed E-state index contributed by atoms with van der Waals surface area (Å²) in [5, 5.41) is 5.51. The second kappa shape index (κ2) is 12.0. The van der Waals surface area contributed by atoms with Gasteiger partial charge in [0.05, 0.1) is 21.3 Å². The molecule has 0 fully saturated rings. The third-order valence-electron chi connectivity index (χ3n) is 4.68. The van der Waals surface area contributed by atoms with Crippen LogP contribution in [-0.2, 0) is 9.59 Å². The van der Waals surface area contributed by atoms with E-state index in [0.29, 0.717) is 34.4 Å². The Hall–Kier alpha value is -4.46. The predicted molar refractivity (Wildman–Crippen MR) is 131 cm³/mol. The van der Waals surface area contributed by atoms with Crippen LogP contribution >= 0.6 is 0 Å². The van der Waals surface area contributed by atoms with Crippen molar-refractivity contribution >= 4 is 29.3 Å². The Balaban J connectivity index is 1.56. The summed E-state index contributed by atoms with van der Waals surface area (Å²) in [7, 11) is 4.64. The molecule has 176 valence electrons. The van der Waals surface area contributed by atoms with Crippen molar-refractivity contribution in [1.29, 1.82) is 0 Å². The van der Waals surface area contributed by atoms with E-state index in [9.17, 15) is 9.59 Å². The first-order valence-electron chi connectivity index (χ1n) is 10.4. The molecule has 0 spiro atoms. The van der Waals surface area contributed by atoms with Gasteiger partial charge in [0, 0.05) is 17.5 Å². The highest BCUT2D eigenvalue weighted by Gasteiger charge is 2.08. The van der Waals surface area contributed by atoms with Crippen molar-refractivity contribution in [2.24, 2.45) is 0 Å². The number of methoxy groups -OCH3 is 3. The second-order valence-corrected chi connectivity index (χ2v) is 7.01. The Morgan fingerprint density at radius 2 is 1.38 bits per heavy atom. The maximum absolute atomic E-state index is 12.3. The lowest BCUT2D eigenvalue weighted by Gasteiger charge is -2.11. The fourth-order valence-corrected chi connectivity index (χ4v) is 3.07. The molecule has 0 saturated heterocycles. The molecule has 0 saturated carbocycles. The first-order valence-corrected chi connectivity index (χ1v) is 10.4. The number of ether oxygens (including phenoxy) is 4. The quantitative estimate of drug-likeness (QED) is 0.434. The van der Waals surface area contributed by atoms with E-state index in [1.54, 1.807) is 74.9 Å². The van der Waals surface area contributed by atoms with Crippen LogP contribution in [0.25, 0.3) is 6.08 Å². The molecule has 3 rings (SSSR count). The van der Waals surface area contributed by atoms with Crippen LogP contribution in [0.2, 0.25) is 0 Å². The van der Waals surface area contributed by atoms with E-state index in [-0.39, 0.29) is 18.4 Å². The van der Waals surface area contributed by atoms with Gasteiger partial charge in [0.2, 0.25) is 5.91 Å². The minimum atomic E-state index is -0.345. The Kier molecular flexibility index (Phi) is 8.51. The Bertz CT molecular complexity index is 1180. The number of benzene rings is 3. The number of hydrogen-bond acceptors (Lipinski definition) is 6. The Labute approximate surface area is 198 Å². The minimum Gasteiger partial charge on any atom is -0.493 e. The van der Waals surface area contributed by atoms with Gasteiger partial charge in [-0.3, -0.25) is 9.59 Å². The predicted octanol–water partition coefficient (Wildman–Crippen LogP) is 4.38. The molecule has 0 aliphatic rings. The third kappa shape index (κ3) is 6.77. The maximum atomic E-state index is 12.3. The minimum absolute atomic E-state index is 0.189. The zero-order valence-electron chi connectivity index (χ0n) is 19.2. The number of hydrogen-bond donors (Lipinski definition) is 2. The molecule has 2 N–H and O–H groups in total. The first kappa shape index (κ1) is 24.2. The monoisotopic (exact) mass is 462 g/mol. The fourth-order valence-electron chi connectivity index (χ4n) is 3.07. The summed E-state index contributed by atoms with van der Waals surface area (Å²) in [6.45, 7) is -0.189. The molecule has 0 unspecified atom stereocenters. The summed E-state index contributed by atoms with van der Waals surface area (Å²) in [5.41, 5.74) is 1.84. The lowest BCUT2D eigenvalue weighted by atomic mass is 10.2. The van der Waals surface area contributed by atoms with Crippen molar-refractivity contribution in [1.82, 2.24) is 0 Å². The highest BCUT2D eigenvalue weighted by Crippen LogP contribution is 2.28. The zero-order valence-corrected chi connectivity index (χ0v) is 19.2. The molecular formula is C26H26N2O6. The van der Waals surface area contributed by atoms with Gasteiger partial charge in [0.25, 0.3) is 5.91 Å². The van der Waals surface area contributed by atoms with Crippen LogP contribution in [-0.4, -0.2) is 39.8 Å². The standard InChI is InChI=1S/C26H26N2O6/c1-31-21-9-4-5-10-23(21)34-17-26(30)28-20-8-6-7-19(16-20)27-25(29)14-12-18-11-13-22(32-2)24(15-18)33-3/h4-16H,17H2,1-3H3,(H,27,29)(H,28,30)/b14-12+. The highest BCUT2D eigenvalue weighted by atomic mass is 16.5. The Morgan fingerprint density at radius 3 is 2.09 bits per heavy atom. The van der Waals surface area contributed by atoms with Crippen molar-refractivity contribution in [3.8, 4) is 23.0 Å². The summed E-state index contributed by atoms with van der Waals surface area (Å²) < 4.78 is 21.2. The normalized spacial score (nSPS) is 10.4. The molecule has 0 radical (unpaired) electrons.